The predicted molar refractivity (Wildman–Crippen MR) is 68.8 cm³/mol. The van der Waals surface area contributed by atoms with Gasteiger partial charge in [0.2, 0.25) is 0 Å². The third-order valence-electron chi connectivity index (χ3n) is 3.38. The van der Waals surface area contributed by atoms with Crippen molar-refractivity contribution in [1.82, 2.24) is 10.2 Å². The summed E-state index contributed by atoms with van der Waals surface area (Å²) in [6.45, 7) is 1.10. The number of nitrogens with one attached hydrogen (secondary N) is 1. The molecule has 3 rings (SSSR count). The Kier molecular flexibility index (Phi) is 2.48. The molecule has 1 saturated heterocycles. The zero-order valence-electron chi connectivity index (χ0n) is 9.63. The number of H-pyrrole nitrogens is 1. The SMILES string of the molecule is Nc1ccc(N2CCCC2c2cn[nH]c2)cc1. The van der Waals surface area contributed by atoms with Crippen molar-refractivity contribution in [3.63, 3.8) is 0 Å². The van der Waals surface area contributed by atoms with E-state index in [0.29, 0.717) is 6.04 Å². The summed E-state index contributed by atoms with van der Waals surface area (Å²) in [7, 11) is 0. The van der Waals surface area contributed by atoms with Gasteiger partial charge in [-0.15, -0.1) is 0 Å². The van der Waals surface area contributed by atoms with Crippen LogP contribution < -0.4 is 10.6 Å². The number of nitrogens with zero attached hydrogens (tertiary/aromatic N) is 2. The first-order valence-electron chi connectivity index (χ1n) is 5.95. The number of nitrogen functional groups attached to an aromatic ring is 1. The Hall–Kier alpha value is -1.97. The first-order chi connectivity index (χ1) is 8.34. The van der Waals surface area contributed by atoms with Crippen molar-refractivity contribution in [2.45, 2.75) is 18.9 Å². The van der Waals surface area contributed by atoms with Gasteiger partial charge in [0.1, 0.15) is 0 Å². The Bertz CT molecular complexity index is 475. The smallest absolute Gasteiger partial charge is 0.0574 e. The summed E-state index contributed by atoms with van der Waals surface area (Å²) < 4.78 is 0. The third kappa shape index (κ3) is 1.86. The van der Waals surface area contributed by atoms with Gasteiger partial charge in [-0.1, -0.05) is 0 Å². The molecule has 1 aliphatic rings. The molecule has 3 N–H and O–H groups in total. The number of hydrogen-bond donors (Lipinski definition) is 2. The molecule has 1 atom stereocenters. The van der Waals surface area contributed by atoms with Crippen LogP contribution in [0.3, 0.4) is 0 Å². The molecule has 17 heavy (non-hydrogen) atoms. The van der Waals surface area contributed by atoms with E-state index in [2.05, 4.69) is 27.2 Å². The van der Waals surface area contributed by atoms with Crippen LogP contribution in [0, 0.1) is 0 Å². The van der Waals surface area contributed by atoms with Crippen LogP contribution in [-0.4, -0.2) is 16.7 Å². The molecular formula is C13H16N4. The second-order valence-electron chi connectivity index (χ2n) is 4.47. The molecule has 88 valence electrons. The normalized spacial score (nSPS) is 19.8. The van der Waals surface area contributed by atoms with Crippen molar-refractivity contribution in [2.75, 3.05) is 17.2 Å². The molecule has 4 heteroatoms. The summed E-state index contributed by atoms with van der Waals surface area (Å²) in [5, 5.41) is 6.93. The lowest BCUT2D eigenvalue weighted by Crippen LogP contribution is -2.22. The Morgan fingerprint density at radius 2 is 2.12 bits per heavy atom. The fourth-order valence-electron chi connectivity index (χ4n) is 2.53. The van der Waals surface area contributed by atoms with E-state index in [9.17, 15) is 0 Å². The molecule has 0 amide bonds. The van der Waals surface area contributed by atoms with Crippen LogP contribution in [0.25, 0.3) is 0 Å². The molecule has 1 aromatic heterocycles. The first-order valence-corrected chi connectivity index (χ1v) is 5.95. The van der Waals surface area contributed by atoms with Gasteiger partial charge in [0.15, 0.2) is 0 Å². The van der Waals surface area contributed by atoms with Crippen LogP contribution in [0.15, 0.2) is 36.7 Å². The average Bonchev–Trinajstić information content (AvgIpc) is 3.00. The maximum Gasteiger partial charge on any atom is 0.0574 e. The zero-order chi connectivity index (χ0) is 11.7. The van der Waals surface area contributed by atoms with Crippen molar-refractivity contribution < 1.29 is 0 Å². The summed E-state index contributed by atoms with van der Waals surface area (Å²) in [5.41, 5.74) is 9.04. The average molecular weight is 228 g/mol. The standard InChI is InChI=1S/C13H16N4/c14-11-3-5-12(6-4-11)17-7-1-2-13(17)10-8-15-16-9-10/h3-6,8-9,13H,1-2,7,14H2,(H,15,16). The van der Waals surface area contributed by atoms with Crippen molar-refractivity contribution in [1.29, 1.82) is 0 Å². The predicted octanol–water partition coefficient (Wildman–Crippen LogP) is 2.33. The largest absolute Gasteiger partial charge is 0.399 e. The molecular weight excluding hydrogens is 212 g/mol. The van der Waals surface area contributed by atoms with Gasteiger partial charge in [0.05, 0.1) is 12.2 Å². The van der Waals surface area contributed by atoms with E-state index in [0.717, 1.165) is 12.2 Å². The quantitative estimate of drug-likeness (QED) is 0.776. The van der Waals surface area contributed by atoms with Crippen molar-refractivity contribution >= 4 is 11.4 Å². The lowest BCUT2D eigenvalue weighted by atomic mass is 10.1. The summed E-state index contributed by atoms with van der Waals surface area (Å²) in [5.74, 6) is 0. The molecule has 4 nitrogen and oxygen atoms in total. The van der Waals surface area contributed by atoms with Gasteiger partial charge in [-0.25, -0.2) is 0 Å². The number of rotatable bonds is 2. The van der Waals surface area contributed by atoms with Crippen LogP contribution >= 0.6 is 0 Å². The van der Waals surface area contributed by atoms with Gasteiger partial charge in [-0.2, -0.15) is 5.10 Å². The maximum atomic E-state index is 5.72. The first kappa shape index (κ1) is 10.2. The lowest BCUT2D eigenvalue weighted by Gasteiger charge is -2.26. The molecule has 1 aromatic carbocycles. The highest BCUT2D eigenvalue weighted by atomic mass is 15.2. The van der Waals surface area contributed by atoms with Crippen molar-refractivity contribution in [3.8, 4) is 0 Å². The molecule has 1 fully saturated rings. The summed E-state index contributed by atoms with van der Waals surface area (Å²) in [6, 6.07) is 8.54. The number of hydrogen-bond acceptors (Lipinski definition) is 3. The molecule has 1 unspecified atom stereocenters. The fraction of sp³-hybridized carbons (Fsp3) is 0.308. The van der Waals surface area contributed by atoms with Gasteiger partial charge in [-0.05, 0) is 37.1 Å². The number of anilines is 2. The summed E-state index contributed by atoms with van der Waals surface area (Å²) in [6.07, 6.45) is 6.31. The van der Waals surface area contributed by atoms with Gasteiger partial charge >= 0.3 is 0 Å². The minimum absolute atomic E-state index is 0.442. The van der Waals surface area contributed by atoms with Gasteiger partial charge in [0, 0.05) is 29.7 Å². The van der Waals surface area contributed by atoms with Gasteiger partial charge in [0.25, 0.3) is 0 Å². The van der Waals surface area contributed by atoms with E-state index in [4.69, 9.17) is 5.73 Å². The van der Waals surface area contributed by atoms with E-state index < -0.39 is 0 Å². The summed E-state index contributed by atoms with van der Waals surface area (Å²) in [4.78, 5) is 2.42. The maximum absolute atomic E-state index is 5.72. The molecule has 2 aromatic rings. The van der Waals surface area contributed by atoms with Crippen LogP contribution in [0.5, 0.6) is 0 Å². The van der Waals surface area contributed by atoms with Crippen molar-refractivity contribution in [2.24, 2.45) is 0 Å². The Morgan fingerprint density at radius 3 is 2.82 bits per heavy atom. The fourth-order valence-corrected chi connectivity index (χ4v) is 2.53. The molecule has 1 aliphatic heterocycles. The highest BCUT2D eigenvalue weighted by Crippen LogP contribution is 2.35. The van der Waals surface area contributed by atoms with Crippen LogP contribution in [0.2, 0.25) is 0 Å². The minimum atomic E-state index is 0.442. The topological polar surface area (TPSA) is 57.9 Å². The van der Waals surface area contributed by atoms with Crippen LogP contribution in [0.1, 0.15) is 24.4 Å². The molecule has 0 spiro atoms. The molecule has 2 heterocycles. The van der Waals surface area contributed by atoms with E-state index in [-0.39, 0.29) is 0 Å². The molecule has 0 bridgehead atoms. The second-order valence-corrected chi connectivity index (χ2v) is 4.47. The zero-order valence-corrected chi connectivity index (χ0v) is 9.63. The van der Waals surface area contributed by atoms with E-state index in [1.54, 1.807) is 0 Å². The summed E-state index contributed by atoms with van der Waals surface area (Å²) >= 11 is 0. The number of aromatic amines is 1. The third-order valence-corrected chi connectivity index (χ3v) is 3.38. The van der Waals surface area contributed by atoms with E-state index >= 15 is 0 Å². The highest BCUT2D eigenvalue weighted by molar-refractivity contribution is 5.55. The Balaban J connectivity index is 1.89. The molecule has 0 aliphatic carbocycles. The van der Waals surface area contributed by atoms with Gasteiger partial charge in [-0.3, -0.25) is 5.10 Å². The Labute approximate surface area is 100 Å². The van der Waals surface area contributed by atoms with E-state index in [1.807, 2.05) is 24.5 Å². The monoisotopic (exact) mass is 228 g/mol. The number of nitrogens with two attached hydrogens (primary N) is 1. The van der Waals surface area contributed by atoms with E-state index in [1.165, 1.54) is 24.1 Å². The van der Waals surface area contributed by atoms with Crippen LogP contribution in [-0.2, 0) is 0 Å². The molecule has 0 radical (unpaired) electrons. The minimum Gasteiger partial charge on any atom is -0.399 e. The lowest BCUT2D eigenvalue weighted by molar-refractivity contribution is 0.720. The number of aromatic nitrogens is 2. The van der Waals surface area contributed by atoms with Crippen molar-refractivity contribution in [3.05, 3.63) is 42.2 Å². The Morgan fingerprint density at radius 1 is 1.29 bits per heavy atom. The van der Waals surface area contributed by atoms with Gasteiger partial charge < -0.3 is 10.6 Å². The molecule has 0 saturated carbocycles. The highest BCUT2D eigenvalue weighted by Gasteiger charge is 2.26. The number of benzene rings is 1. The van der Waals surface area contributed by atoms with Crippen LogP contribution in [0.4, 0.5) is 11.4 Å². The second kappa shape index (κ2) is 4.13.